The van der Waals surface area contributed by atoms with Gasteiger partial charge in [-0.15, -0.1) is 12.4 Å². The van der Waals surface area contributed by atoms with Crippen molar-refractivity contribution in [2.45, 2.75) is 6.04 Å². The second kappa shape index (κ2) is 9.73. The molecule has 1 aliphatic heterocycles. The number of amides is 1. The van der Waals surface area contributed by atoms with Crippen molar-refractivity contribution in [1.29, 1.82) is 0 Å². The minimum absolute atomic E-state index is 0. The van der Waals surface area contributed by atoms with E-state index in [2.05, 4.69) is 10.6 Å². The number of aliphatic hydroxyl groups is 1. The summed E-state index contributed by atoms with van der Waals surface area (Å²) in [6.07, 6.45) is 0. The van der Waals surface area contributed by atoms with Gasteiger partial charge in [0.25, 0.3) is 0 Å². The maximum absolute atomic E-state index is 10.9. The third kappa shape index (κ3) is 5.81. The van der Waals surface area contributed by atoms with E-state index < -0.39 is 0 Å². The van der Waals surface area contributed by atoms with Crippen molar-refractivity contribution in [2.24, 2.45) is 0 Å². The third-order valence-corrected chi connectivity index (χ3v) is 1.46. The fraction of sp³-hybridized carbons (Fsp3) is 0.857. The van der Waals surface area contributed by atoms with Crippen LogP contribution in [-0.4, -0.2) is 51.0 Å². The molecule has 0 aromatic rings. The Morgan fingerprint density at radius 3 is 2.62 bits per heavy atom. The first-order valence-corrected chi connectivity index (χ1v) is 3.79. The Hall–Kier alpha value is -0.360. The van der Waals surface area contributed by atoms with Gasteiger partial charge in [-0.3, -0.25) is 4.79 Å². The Morgan fingerprint density at radius 2 is 2.15 bits per heavy atom. The average molecular weight is 213 g/mol. The van der Waals surface area contributed by atoms with Gasteiger partial charge in [-0.25, -0.2) is 0 Å². The van der Waals surface area contributed by atoms with Crippen molar-refractivity contribution >= 4 is 18.3 Å². The third-order valence-electron chi connectivity index (χ3n) is 1.46. The van der Waals surface area contributed by atoms with E-state index in [4.69, 9.17) is 9.84 Å². The zero-order valence-electron chi connectivity index (χ0n) is 7.87. The Bertz CT molecular complexity index is 133. The van der Waals surface area contributed by atoms with Crippen molar-refractivity contribution in [1.82, 2.24) is 10.6 Å². The molecule has 0 aromatic carbocycles. The van der Waals surface area contributed by atoms with Crippen LogP contribution in [0.2, 0.25) is 0 Å². The molecule has 3 N–H and O–H groups in total. The summed E-state index contributed by atoms with van der Waals surface area (Å²) in [4.78, 5) is 10.9. The van der Waals surface area contributed by atoms with Crippen LogP contribution >= 0.6 is 12.4 Å². The van der Waals surface area contributed by atoms with E-state index in [1.807, 2.05) is 0 Å². The predicted molar refractivity (Wildman–Crippen MR) is 52.1 cm³/mol. The fourth-order valence-corrected chi connectivity index (χ4v) is 0.949. The smallest absolute Gasteiger partial charge is 0.239 e. The number of carbonyl (C=O) groups is 1. The molecule has 80 valence electrons. The number of halogens is 1. The van der Waals surface area contributed by atoms with E-state index in [0.717, 1.165) is 20.2 Å². The van der Waals surface area contributed by atoms with Crippen molar-refractivity contribution in [3.05, 3.63) is 0 Å². The van der Waals surface area contributed by atoms with Crippen LogP contribution in [0.3, 0.4) is 0 Å². The van der Waals surface area contributed by atoms with Crippen LogP contribution in [0, 0.1) is 0 Å². The number of aliphatic hydroxyl groups excluding tert-OH is 1. The lowest BCUT2D eigenvalue weighted by Gasteiger charge is -2.22. The molecule has 1 atom stereocenters. The molecular formula is C7H17ClN2O3. The fourth-order valence-electron chi connectivity index (χ4n) is 0.949. The first kappa shape index (κ1) is 15.1. The topological polar surface area (TPSA) is 70.6 Å². The molecule has 0 saturated carbocycles. The summed E-state index contributed by atoms with van der Waals surface area (Å²) in [6, 6.07) is -0.154. The van der Waals surface area contributed by atoms with Crippen LogP contribution in [0.15, 0.2) is 0 Å². The molecule has 1 fully saturated rings. The molecule has 5 nitrogen and oxygen atoms in total. The number of carbonyl (C=O) groups excluding carboxylic acids is 1. The molecular weight excluding hydrogens is 196 g/mol. The normalized spacial score (nSPS) is 20.5. The summed E-state index contributed by atoms with van der Waals surface area (Å²) in [5.74, 6) is 0.0353. The monoisotopic (exact) mass is 212 g/mol. The van der Waals surface area contributed by atoms with Crippen LogP contribution < -0.4 is 10.6 Å². The lowest BCUT2D eigenvalue weighted by molar-refractivity contribution is -0.125. The van der Waals surface area contributed by atoms with Gasteiger partial charge in [-0.05, 0) is 0 Å². The highest BCUT2D eigenvalue weighted by Crippen LogP contribution is 1.88. The van der Waals surface area contributed by atoms with E-state index in [9.17, 15) is 4.79 Å². The maximum atomic E-state index is 10.9. The van der Waals surface area contributed by atoms with Gasteiger partial charge in [0, 0.05) is 27.3 Å². The standard InChI is InChI=1S/C6H12N2O2.CH4O.ClH/c1-10-4-5-6(9)8-3-2-7-5;1-2;/h5,7H,2-4H2,1H3,(H,8,9);2H,1H3;1H. The van der Waals surface area contributed by atoms with Crippen LogP contribution in [0.25, 0.3) is 0 Å². The second-order valence-corrected chi connectivity index (χ2v) is 2.25. The molecule has 0 aromatic heterocycles. The highest BCUT2D eigenvalue weighted by Gasteiger charge is 2.20. The molecule has 13 heavy (non-hydrogen) atoms. The zero-order chi connectivity index (χ0) is 9.40. The Kier molecular flexibility index (Phi) is 11.3. The van der Waals surface area contributed by atoms with E-state index in [1.54, 1.807) is 7.11 Å². The first-order valence-electron chi connectivity index (χ1n) is 3.79. The number of nitrogens with one attached hydrogen (secondary N) is 2. The lowest BCUT2D eigenvalue weighted by Crippen LogP contribution is -2.54. The van der Waals surface area contributed by atoms with Crippen molar-refractivity contribution in [3.8, 4) is 0 Å². The van der Waals surface area contributed by atoms with Crippen molar-refractivity contribution in [2.75, 3.05) is 33.9 Å². The summed E-state index contributed by atoms with van der Waals surface area (Å²) < 4.78 is 4.83. The lowest BCUT2D eigenvalue weighted by atomic mass is 10.2. The number of piperazine rings is 1. The quantitative estimate of drug-likeness (QED) is 0.535. The molecule has 6 heteroatoms. The number of hydrogen-bond donors (Lipinski definition) is 3. The predicted octanol–water partition coefficient (Wildman–Crippen LogP) is -1.25. The number of methoxy groups -OCH3 is 1. The zero-order valence-corrected chi connectivity index (χ0v) is 8.69. The Morgan fingerprint density at radius 1 is 1.54 bits per heavy atom. The van der Waals surface area contributed by atoms with E-state index in [0.29, 0.717) is 6.61 Å². The van der Waals surface area contributed by atoms with Gasteiger partial charge < -0.3 is 20.5 Å². The molecule has 1 saturated heterocycles. The summed E-state index contributed by atoms with van der Waals surface area (Å²) in [6.45, 7) is 2.00. The van der Waals surface area contributed by atoms with Crippen LogP contribution in [0.1, 0.15) is 0 Å². The average Bonchev–Trinajstić information content (AvgIpc) is 2.13. The summed E-state index contributed by atoms with van der Waals surface area (Å²) in [5, 5.41) is 12.8. The number of hydrogen-bond acceptors (Lipinski definition) is 4. The van der Waals surface area contributed by atoms with Crippen molar-refractivity contribution in [3.63, 3.8) is 0 Å². The minimum Gasteiger partial charge on any atom is -0.400 e. The molecule has 0 spiro atoms. The van der Waals surface area contributed by atoms with E-state index >= 15 is 0 Å². The highest BCUT2D eigenvalue weighted by molar-refractivity contribution is 5.85. The molecule has 0 aliphatic carbocycles. The molecule has 1 amide bonds. The highest BCUT2D eigenvalue weighted by atomic mass is 35.5. The summed E-state index contributed by atoms with van der Waals surface area (Å²) in [7, 11) is 2.59. The minimum atomic E-state index is -0.154. The first-order chi connectivity index (χ1) is 5.84. The Balaban J connectivity index is 0. The van der Waals surface area contributed by atoms with E-state index in [1.165, 1.54) is 0 Å². The van der Waals surface area contributed by atoms with Crippen LogP contribution in [0.5, 0.6) is 0 Å². The van der Waals surface area contributed by atoms with Crippen LogP contribution in [0.4, 0.5) is 0 Å². The SMILES string of the molecule is CO.COCC1NCCNC1=O.Cl. The summed E-state index contributed by atoms with van der Waals surface area (Å²) in [5.41, 5.74) is 0. The number of rotatable bonds is 2. The largest absolute Gasteiger partial charge is 0.400 e. The molecule has 0 bridgehead atoms. The molecule has 1 aliphatic rings. The molecule has 0 radical (unpaired) electrons. The Labute approximate surface area is 84.3 Å². The van der Waals surface area contributed by atoms with Crippen molar-refractivity contribution < 1.29 is 14.6 Å². The van der Waals surface area contributed by atoms with Gasteiger partial charge in [0.1, 0.15) is 6.04 Å². The summed E-state index contributed by atoms with van der Waals surface area (Å²) >= 11 is 0. The van der Waals surface area contributed by atoms with Gasteiger partial charge in [0.2, 0.25) is 5.91 Å². The molecule has 1 unspecified atom stereocenters. The van der Waals surface area contributed by atoms with Gasteiger partial charge in [0.05, 0.1) is 6.61 Å². The van der Waals surface area contributed by atoms with E-state index in [-0.39, 0.29) is 24.4 Å². The molecule has 1 rings (SSSR count). The van der Waals surface area contributed by atoms with Gasteiger partial charge in [-0.2, -0.15) is 0 Å². The molecule has 1 heterocycles. The maximum Gasteiger partial charge on any atom is 0.239 e. The van der Waals surface area contributed by atoms with Crippen LogP contribution in [-0.2, 0) is 9.53 Å². The second-order valence-electron chi connectivity index (χ2n) is 2.25. The van der Waals surface area contributed by atoms with Gasteiger partial charge in [-0.1, -0.05) is 0 Å². The number of ether oxygens (including phenoxy) is 1. The van der Waals surface area contributed by atoms with Gasteiger partial charge >= 0.3 is 0 Å². The van der Waals surface area contributed by atoms with Gasteiger partial charge in [0.15, 0.2) is 0 Å².